The lowest BCUT2D eigenvalue weighted by Gasteiger charge is -2.26. The third kappa shape index (κ3) is 3.30. The molecule has 0 bridgehead atoms. The summed E-state index contributed by atoms with van der Waals surface area (Å²) in [6.07, 6.45) is 7.47. The van der Waals surface area contributed by atoms with Crippen LogP contribution in [0.4, 0.5) is 0 Å². The molecule has 1 aliphatic heterocycles. The molecule has 0 radical (unpaired) electrons. The van der Waals surface area contributed by atoms with Gasteiger partial charge in [0.15, 0.2) is 0 Å². The fraction of sp³-hybridized carbons (Fsp3) is 0.556. The van der Waals surface area contributed by atoms with Crippen LogP contribution in [-0.4, -0.2) is 31.4 Å². The lowest BCUT2D eigenvalue weighted by molar-refractivity contribution is 0.189. The Bertz CT molecular complexity index is 496. The highest BCUT2D eigenvalue weighted by molar-refractivity contribution is 5.67. The molecule has 1 saturated heterocycles. The van der Waals surface area contributed by atoms with E-state index in [2.05, 4.69) is 30.0 Å². The molecule has 1 aromatic rings. The number of nitrogens with one attached hydrogen (secondary N) is 1. The van der Waals surface area contributed by atoms with Crippen molar-refractivity contribution < 1.29 is 4.74 Å². The Morgan fingerprint density at radius 2 is 2.19 bits per heavy atom. The molecular formula is C18H28N2O. The van der Waals surface area contributed by atoms with Gasteiger partial charge in [-0.3, -0.25) is 0 Å². The summed E-state index contributed by atoms with van der Waals surface area (Å²) in [4.78, 5) is 0. The van der Waals surface area contributed by atoms with Gasteiger partial charge in [0.05, 0.1) is 0 Å². The first-order chi connectivity index (χ1) is 10.2. The van der Waals surface area contributed by atoms with E-state index in [-0.39, 0.29) is 0 Å². The summed E-state index contributed by atoms with van der Waals surface area (Å²) < 4.78 is 7.65. The van der Waals surface area contributed by atoms with E-state index >= 15 is 0 Å². The molecule has 0 amide bonds. The van der Waals surface area contributed by atoms with Crippen LogP contribution in [-0.2, 0) is 11.3 Å². The lowest BCUT2D eigenvalue weighted by atomic mass is 9.93. The number of nitrogens with zero attached hydrogens (tertiary/aromatic N) is 1. The van der Waals surface area contributed by atoms with Gasteiger partial charge in [-0.05, 0) is 44.4 Å². The number of aromatic nitrogens is 1. The standard InChI is InChI=1S/C18H28N2O/c1-5-16-14(3)18(15-9-7-10-19-13-15)20(17(16)6-2)11-8-12-21-4/h5-6,15,19H,1-2,7-13H2,3-4H3. The zero-order chi connectivity index (χ0) is 15.2. The van der Waals surface area contributed by atoms with Crippen molar-refractivity contribution in [2.45, 2.75) is 38.6 Å². The summed E-state index contributed by atoms with van der Waals surface area (Å²) in [7, 11) is 1.76. The maximum Gasteiger partial charge on any atom is 0.0479 e. The number of methoxy groups -OCH3 is 1. The van der Waals surface area contributed by atoms with Crippen molar-refractivity contribution in [2.24, 2.45) is 0 Å². The SMILES string of the molecule is C=Cc1c(C)c(C2CCCNC2)n(CCCOC)c1C=C. The first kappa shape index (κ1) is 16.1. The second-order valence-corrected chi connectivity index (χ2v) is 5.76. The van der Waals surface area contributed by atoms with Crippen molar-refractivity contribution in [3.8, 4) is 0 Å². The van der Waals surface area contributed by atoms with Crippen molar-refractivity contribution in [3.63, 3.8) is 0 Å². The average Bonchev–Trinajstić information content (AvgIpc) is 2.79. The molecule has 116 valence electrons. The largest absolute Gasteiger partial charge is 0.385 e. The lowest BCUT2D eigenvalue weighted by Crippen LogP contribution is -2.30. The highest BCUT2D eigenvalue weighted by atomic mass is 16.5. The van der Waals surface area contributed by atoms with E-state index in [1.54, 1.807) is 7.11 Å². The van der Waals surface area contributed by atoms with E-state index in [9.17, 15) is 0 Å². The highest BCUT2D eigenvalue weighted by Gasteiger charge is 2.24. The highest BCUT2D eigenvalue weighted by Crippen LogP contribution is 2.33. The zero-order valence-corrected chi connectivity index (χ0v) is 13.5. The molecule has 2 heterocycles. The summed E-state index contributed by atoms with van der Waals surface area (Å²) in [6.45, 7) is 14.2. The molecular weight excluding hydrogens is 260 g/mol. The number of hydrogen-bond donors (Lipinski definition) is 1. The van der Waals surface area contributed by atoms with Gasteiger partial charge >= 0.3 is 0 Å². The van der Waals surface area contributed by atoms with E-state index in [1.165, 1.54) is 35.4 Å². The van der Waals surface area contributed by atoms with Gasteiger partial charge in [0, 0.05) is 49.7 Å². The minimum absolute atomic E-state index is 0.591. The summed E-state index contributed by atoms with van der Waals surface area (Å²) >= 11 is 0. The Balaban J connectivity index is 2.41. The predicted molar refractivity (Wildman–Crippen MR) is 90.7 cm³/mol. The van der Waals surface area contributed by atoms with Gasteiger partial charge in [0.25, 0.3) is 0 Å². The van der Waals surface area contributed by atoms with Gasteiger partial charge in [-0.1, -0.05) is 19.2 Å². The number of rotatable bonds is 7. The molecule has 3 nitrogen and oxygen atoms in total. The molecule has 1 N–H and O–H groups in total. The average molecular weight is 288 g/mol. The van der Waals surface area contributed by atoms with Crippen LogP contribution in [0.1, 0.15) is 47.7 Å². The van der Waals surface area contributed by atoms with E-state index in [1.807, 2.05) is 12.2 Å². The van der Waals surface area contributed by atoms with Crippen molar-refractivity contribution in [2.75, 3.05) is 26.8 Å². The van der Waals surface area contributed by atoms with Crippen molar-refractivity contribution in [1.29, 1.82) is 0 Å². The van der Waals surface area contributed by atoms with Crippen LogP contribution in [0, 0.1) is 6.92 Å². The minimum atomic E-state index is 0.591. The van der Waals surface area contributed by atoms with Crippen LogP contribution in [0.5, 0.6) is 0 Å². The monoisotopic (exact) mass is 288 g/mol. The normalized spacial score (nSPS) is 18.7. The molecule has 1 aliphatic rings. The number of hydrogen-bond acceptors (Lipinski definition) is 2. The number of piperidine rings is 1. The van der Waals surface area contributed by atoms with Gasteiger partial charge in [0.1, 0.15) is 0 Å². The summed E-state index contributed by atoms with van der Waals surface area (Å²) in [5.74, 6) is 0.591. The third-order valence-corrected chi connectivity index (χ3v) is 4.46. The van der Waals surface area contributed by atoms with Crippen molar-refractivity contribution >= 4 is 12.2 Å². The van der Waals surface area contributed by atoms with Crippen LogP contribution < -0.4 is 5.32 Å². The molecule has 1 aromatic heterocycles. The Kier molecular flexibility index (Phi) is 5.83. The fourth-order valence-corrected chi connectivity index (χ4v) is 3.51. The molecule has 1 fully saturated rings. The van der Waals surface area contributed by atoms with E-state index in [0.717, 1.165) is 32.7 Å². The van der Waals surface area contributed by atoms with Crippen molar-refractivity contribution in [1.82, 2.24) is 9.88 Å². The first-order valence-corrected chi connectivity index (χ1v) is 7.92. The molecule has 0 saturated carbocycles. The zero-order valence-electron chi connectivity index (χ0n) is 13.5. The quantitative estimate of drug-likeness (QED) is 0.776. The van der Waals surface area contributed by atoms with Crippen LogP contribution in [0.25, 0.3) is 12.2 Å². The van der Waals surface area contributed by atoms with Crippen molar-refractivity contribution in [3.05, 3.63) is 35.7 Å². The van der Waals surface area contributed by atoms with Crippen LogP contribution in [0.2, 0.25) is 0 Å². The summed E-state index contributed by atoms with van der Waals surface area (Å²) in [5, 5.41) is 3.53. The molecule has 0 aromatic carbocycles. The topological polar surface area (TPSA) is 26.2 Å². The smallest absolute Gasteiger partial charge is 0.0479 e. The van der Waals surface area contributed by atoms with Crippen LogP contribution in [0.15, 0.2) is 13.2 Å². The van der Waals surface area contributed by atoms with Gasteiger partial charge < -0.3 is 14.6 Å². The summed E-state index contributed by atoms with van der Waals surface area (Å²) in [5.41, 5.74) is 5.27. The molecule has 3 heteroatoms. The van der Waals surface area contributed by atoms with E-state index < -0.39 is 0 Å². The molecule has 0 aliphatic carbocycles. The van der Waals surface area contributed by atoms with Gasteiger partial charge in [-0.25, -0.2) is 0 Å². The first-order valence-electron chi connectivity index (χ1n) is 7.92. The molecule has 2 rings (SSSR count). The van der Waals surface area contributed by atoms with Gasteiger partial charge in [0.2, 0.25) is 0 Å². The van der Waals surface area contributed by atoms with Crippen LogP contribution >= 0.6 is 0 Å². The second kappa shape index (κ2) is 7.62. The fourth-order valence-electron chi connectivity index (χ4n) is 3.51. The third-order valence-electron chi connectivity index (χ3n) is 4.46. The van der Waals surface area contributed by atoms with Gasteiger partial charge in [-0.2, -0.15) is 0 Å². The van der Waals surface area contributed by atoms with Crippen LogP contribution in [0.3, 0.4) is 0 Å². The Morgan fingerprint density at radius 3 is 2.76 bits per heavy atom. The Hall–Kier alpha value is -1.32. The molecule has 0 spiro atoms. The van der Waals surface area contributed by atoms with Gasteiger partial charge in [-0.15, -0.1) is 0 Å². The molecule has 1 atom stereocenters. The minimum Gasteiger partial charge on any atom is -0.385 e. The van der Waals surface area contributed by atoms with E-state index in [4.69, 9.17) is 4.74 Å². The molecule has 1 unspecified atom stereocenters. The maximum atomic E-state index is 5.21. The Labute approximate surface area is 128 Å². The summed E-state index contributed by atoms with van der Waals surface area (Å²) in [6, 6.07) is 0. The second-order valence-electron chi connectivity index (χ2n) is 5.76. The Morgan fingerprint density at radius 1 is 1.38 bits per heavy atom. The van der Waals surface area contributed by atoms with E-state index in [0.29, 0.717) is 5.92 Å². The predicted octanol–water partition coefficient (Wildman–Crippen LogP) is 3.59. The molecule has 21 heavy (non-hydrogen) atoms. The number of ether oxygens (including phenoxy) is 1. The maximum absolute atomic E-state index is 5.21.